The molecule has 0 saturated carbocycles. The molecule has 1 rings (SSSR count). The number of aryl methyl sites for hydroxylation is 2. The van der Waals surface area contributed by atoms with Crippen molar-refractivity contribution in [3.63, 3.8) is 0 Å². The van der Waals surface area contributed by atoms with E-state index in [9.17, 15) is 4.79 Å². The van der Waals surface area contributed by atoms with Crippen molar-refractivity contribution in [1.29, 1.82) is 0 Å². The van der Waals surface area contributed by atoms with Crippen molar-refractivity contribution in [2.24, 2.45) is 10.9 Å². The summed E-state index contributed by atoms with van der Waals surface area (Å²) in [5.41, 5.74) is 7.99. The van der Waals surface area contributed by atoms with Gasteiger partial charge < -0.3 is 15.8 Å². The Bertz CT molecular complexity index is 449. The first-order chi connectivity index (χ1) is 8.51. The van der Waals surface area contributed by atoms with Gasteiger partial charge in [0.1, 0.15) is 0 Å². The Morgan fingerprint density at radius 2 is 1.94 bits per heavy atom. The van der Waals surface area contributed by atoms with Gasteiger partial charge in [-0.15, -0.1) is 0 Å². The summed E-state index contributed by atoms with van der Waals surface area (Å²) in [5.74, 6) is -0.0730. The van der Waals surface area contributed by atoms with Crippen molar-refractivity contribution in [2.75, 3.05) is 13.1 Å². The molecule has 0 aliphatic rings. The van der Waals surface area contributed by atoms with Crippen LogP contribution in [-0.4, -0.2) is 34.9 Å². The van der Waals surface area contributed by atoms with Gasteiger partial charge >= 0.3 is 0 Å². The summed E-state index contributed by atoms with van der Waals surface area (Å²) < 4.78 is 0. The lowest BCUT2D eigenvalue weighted by Gasteiger charge is -2.22. The van der Waals surface area contributed by atoms with Crippen LogP contribution in [0.1, 0.15) is 28.4 Å². The Morgan fingerprint density at radius 3 is 2.39 bits per heavy atom. The van der Waals surface area contributed by atoms with Gasteiger partial charge in [-0.05, 0) is 31.9 Å². The van der Waals surface area contributed by atoms with Gasteiger partial charge in [0.25, 0.3) is 5.91 Å². The predicted molar refractivity (Wildman–Crippen MR) is 70.9 cm³/mol. The Kier molecular flexibility index (Phi) is 4.71. The largest absolute Gasteiger partial charge is 0.409 e. The van der Waals surface area contributed by atoms with Gasteiger partial charge in [0, 0.05) is 12.1 Å². The van der Waals surface area contributed by atoms with E-state index >= 15 is 0 Å². The molecule has 0 aromatic heterocycles. The van der Waals surface area contributed by atoms with Gasteiger partial charge in [-0.25, -0.2) is 0 Å². The van der Waals surface area contributed by atoms with Crippen molar-refractivity contribution >= 4 is 11.7 Å². The highest BCUT2D eigenvalue weighted by Crippen LogP contribution is 2.15. The van der Waals surface area contributed by atoms with Crippen LogP contribution in [0.5, 0.6) is 0 Å². The zero-order valence-electron chi connectivity index (χ0n) is 11.0. The molecule has 98 valence electrons. The van der Waals surface area contributed by atoms with E-state index in [1.54, 1.807) is 4.90 Å². The fourth-order valence-electron chi connectivity index (χ4n) is 1.86. The second-order valence-electron chi connectivity index (χ2n) is 4.18. The predicted octanol–water partition coefficient (Wildman–Crippen LogP) is 1.51. The molecule has 5 nitrogen and oxygen atoms in total. The van der Waals surface area contributed by atoms with E-state index in [1.807, 2.05) is 39.0 Å². The average molecular weight is 249 g/mol. The number of hydrogen-bond donors (Lipinski definition) is 2. The molecule has 3 N–H and O–H groups in total. The molecule has 0 heterocycles. The van der Waals surface area contributed by atoms with Crippen molar-refractivity contribution in [1.82, 2.24) is 4.90 Å². The molecule has 0 saturated heterocycles. The normalized spacial score (nSPS) is 11.4. The van der Waals surface area contributed by atoms with E-state index in [4.69, 9.17) is 10.9 Å². The number of oxime groups is 1. The fraction of sp³-hybridized carbons (Fsp3) is 0.385. The first-order valence-corrected chi connectivity index (χ1v) is 5.83. The zero-order chi connectivity index (χ0) is 13.7. The van der Waals surface area contributed by atoms with Gasteiger partial charge in [-0.1, -0.05) is 23.4 Å². The summed E-state index contributed by atoms with van der Waals surface area (Å²) in [4.78, 5) is 13.9. The van der Waals surface area contributed by atoms with Crippen LogP contribution < -0.4 is 5.73 Å². The highest BCUT2D eigenvalue weighted by Gasteiger charge is 2.19. The first kappa shape index (κ1) is 14.0. The van der Waals surface area contributed by atoms with Crippen LogP contribution in [0.4, 0.5) is 0 Å². The lowest BCUT2D eigenvalue weighted by Crippen LogP contribution is -2.39. The summed E-state index contributed by atoms with van der Waals surface area (Å²) in [6, 6.07) is 5.72. The third kappa shape index (κ3) is 3.00. The molecule has 0 spiro atoms. The number of benzene rings is 1. The number of amidine groups is 1. The zero-order valence-corrected chi connectivity index (χ0v) is 11.0. The van der Waals surface area contributed by atoms with E-state index in [2.05, 4.69) is 5.16 Å². The van der Waals surface area contributed by atoms with Crippen molar-refractivity contribution in [3.05, 3.63) is 34.9 Å². The third-order valence-electron chi connectivity index (χ3n) is 2.85. The molecule has 1 amide bonds. The van der Waals surface area contributed by atoms with Crippen molar-refractivity contribution in [3.8, 4) is 0 Å². The van der Waals surface area contributed by atoms with E-state index in [-0.39, 0.29) is 18.3 Å². The molecular formula is C13H19N3O2. The molecule has 5 heteroatoms. The number of nitrogens with two attached hydrogens (primary N) is 1. The smallest absolute Gasteiger partial charge is 0.254 e. The summed E-state index contributed by atoms with van der Waals surface area (Å²) >= 11 is 0. The number of likely N-dealkylation sites (N-methyl/N-ethyl adjacent to an activating group) is 1. The summed E-state index contributed by atoms with van der Waals surface area (Å²) in [6.45, 7) is 6.29. The van der Waals surface area contributed by atoms with Crippen LogP contribution in [-0.2, 0) is 0 Å². The fourth-order valence-corrected chi connectivity index (χ4v) is 1.86. The Hall–Kier alpha value is -2.04. The van der Waals surface area contributed by atoms with Crippen molar-refractivity contribution in [2.45, 2.75) is 20.8 Å². The molecule has 18 heavy (non-hydrogen) atoms. The molecule has 0 unspecified atom stereocenters. The van der Waals surface area contributed by atoms with Crippen LogP contribution in [0.3, 0.4) is 0 Å². The summed E-state index contributed by atoms with van der Waals surface area (Å²) in [5, 5.41) is 11.5. The molecule has 0 radical (unpaired) electrons. The molecule has 1 aromatic rings. The standard InChI is InChI=1S/C13H19N3O2/c1-4-16(8-11(14)15-18)13(17)12-9(2)6-5-7-10(12)3/h5-7,18H,4,8H2,1-3H3,(H2,14,15). The molecule has 0 aliphatic carbocycles. The number of rotatable bonds is 4. The van der Waals surface area contributed by atoms with Crippen LogP contribution in [0.2, 0.25) is 0 Å². The van der Waals surface area contributed by atoms with E-state index in [0.29, 0.717) is 12.1 Å². The lowest BCUT2D eigenvalue weighted by atomic mass is 10.0. The average Bonchev–Trinajstić information content (AvgIpc) is 2.35. The Labute approximate surface area is 107 Å². The Morgan fingerprint density at radius 1 is 1.39 bits per heavy atom. The highest BCUT2D eigenvalue weighted by atomic mass is 16.4. The SMILES string of the molecule is CCN(C/C(N)=N/O)C(=O)c1c(C)cccc1C. The summed E-state index contributed by atoms with van der Waals surface area (Å²) in [6.07, 6.45) is 0. The second kappa shape index (κ2) is 6.05. The first-order valence-electron chi connectivity index (χ1n) is 5.83. The molecule has 1 aromatic carbocycles. The topological polar surface area (TPSA) is 78.9 Å². The number of carbonyl (C=O) groups excluding carboxylic acids is 1. The Balaban J connectivity index is 3.04. The minimum Gasteiger partial charge on any atom is -0.409 e. The molecule has 0 aliphatic heterocycles. The van der Waals surface area contributed by atoms with E-state index < -0.39 is 0 Å². The van der Waals surface area contributed by atoms with Gasteiger partial charge in [0.05, 0.1) is 6.54 Å². The third-order valence-corrected chi connectivity index (χ3v) is 2.85. The number of hydrogen-bond acceptors (Lipinski definition) is 3. The van der Waals surface area contributed by atoms with Crippen LogP contribution >= 0.6 is 0 Å². The van der Waals surface area contributed by atoms with Gasteiger partial charge in [0.2, 0.25) is 0 Å². The summed E-state index contributed by atoms with van der Waals surface area (Å²) in [7, 11) is 0. The number of nitrogens with zero attached hydrogens (tertiary/aromatic N) is 2. The minimum absolute atomic E-state index is 0.0245. The van der Waals surface area contributed by atoms with Gasteiger partial charge in [-0.3, -0.25) is 4.79 Å². The minimum atomic E-state index is -0.0975. The quantitative estimate of drug-likeness (QED) is 0.367. The molecular weight excluding hydrogens is 230 g/mol. The monoisotopic (exact) mass is 249 g/mol. The maximum absolute atomic E-state index is 12.4. The molecule has 0 atom stereocenters. The molecule has 0 bridgehead atoms. The second-order valence-corrected chi connectivity index (χ2v) is 4.18. The lowest BCUT2D eigenvalue weighted by molar-refractivity contribution is 0.0784. The van der Waals surface area contributed by atoms with Crippen molar-refractivity contribution < 1.29 is 10.0 Å². The van der Waals surface area contributed by atoms with E-state index in [0.717, 1.165) is 11.1 Å². The van der Waals surface area contributed by atoms with Crippen LogP contribution in [0.25, 0.3) is 0 Å². The van der Waals surface area contributed by atoms with Crippen LogP contribution in [0.15, 0.2) is 23.4 Å². The number of amides is 1. The molecule has 0 fully saturated rings. The maximum atomic E-state index is 12.4. The maximum Gasteiger partial charge on any atom is 0.254 e. The van der Waals surface area contributed by atoms with E-state index in [1.165, 1.54) is 0 Å². The highest BCUT2D eigenvalue weighted by molar-refractivity contribution is 5.99. The van der Waals surface area contributed by atoms with Crippen LogP contribution in [0, 0.1) is 13.8 Å². The van der Waals surface area contributed by atoms with Gasteiger partial charge in [-0.2, -0.15) is 0 Å². The van der Waals surface area contributed by atoms with Gasteiger partial charge in [0.15, 0.2) is 5.84 Å². The number of carbonyl (C=O) groups is 1.